The van der Waals surface area contributed by atoms with E-state index in [4.69, 9.17) is 26.2 Å². The average Bonchev–Trinajstić information content (AvgIpc) is 2.74. The molecule has 29 heavy (non-hydrogen) atoms. The Balaban J connectivity index is 1.61. The first-order valence-electron chi connectivity index (χ1n) is 10.7. The molecule has 1 amide bonds. The summed E-state index contributed by atoms with van der Waals surface area (Å²) in [7, 11) is 1.80. The van der Waals surface area contributed by atoms with Crippen molar-refractivity contribution in [1.29, 1.82) is 0 Å². The van der Waals surface area contributed by atoms with Crippen molar-refractivity contribution in [3.05, 3.63) is 29.3 Å². The fourth-order valence-electron chi connectivity index (χ4n) is 3.68. The van der Waals surface area contributed by atoms with Crippen LogP contribution in [0.15, 0.2) is 24.3 Å². The predicted octanol–water partition coefficient (Wildman–Crippen LogP) is 4.19. The molecule has 1 fully saturated rings. The number of likely N-dealkylation sites (N-methyl/N-ethyl adjacent to an activating group) is 1. The lowest BCUT2D eigenvalue weighted by Crippen LogP contribution is -2.42. The lowest BCUT2D eigenvalue weighted by atomic mass is 9.92. The van der Waals surface area contributed by atoms with Gasteiger partial charge in [0.1, 0.15) is 5.75 Å². The molecule has 0 spiro atoms. The second kappa shape index (κ2) is 13.1. The average molecular weight is 427 g/mol. The first-order chi connectivity index (χ1) is 14.0. The number of aliphatic hydroxyl groups excluding tert-OH is 1. The summed E-state index contributed by atoms with van der Waals surface area (Å²) in [4.78, 5) is 16.3. The van der Waals surface area contributed by atoms with E-state index in [1.54, 1.807) is 36.2 Å². The number of carbonyl (C=O) groups excluding carboxylic acids is 1. The Labute approximate surface area is 179 Å². The van der Waals surface area contributed by atoms with Crippen LogP contribution in [-0.2, 0) is 4.74 Å². The van der Waals surface area contributed by atoms with E-state index >= 15 is 0 Å². The molecular weight excluding hydrogens is 392 g/mol. The second-order valence-electron chi connectivity index (χ2n) is 7.60. The van der Waals surface area contributed by atoms with Crippen LogP contribution in [-0.4, -0.2) is 73.0 Å². The van der Waals surface area contributed by atoms with Crippen molar-refractivity contribution in [2.45, 2.75) is 57.6 Å². The minimum absolute atomic E-state index is 0.186. The molecule has 7 heteroatoms. The number of rotatable bonds is 11. The Bertz CT molecular complexity index is 591. The van der Waals surface area contributed by atoms with E-state index in [1.165, 1.54) is 0 Å². The Morgan fingerprint density at radius 1 is 1.14 bits per heavy atom. The summed E-state index contributed by atoms with van der Waals surface area (Å²) in [5, 5.41) is 9.63. The smallest absolute Gasteiger partial charge is 0.410 e. The zero-order chi connectivity index (χ0) is 21.1. The van der Waals surface area contributed by atoms with Crippen LogP contribution in [0.2, 0.25) is 5.02 Å². The zero-order valence-electron chi connectivity index (χ0n) is 17.7. The highest BCUT2D eigenvalue weighted by Gasteiger charge is 2.27. The van der Waals surface area contributed by atoms with E-state index in [1.807, 2.05) is 0 Å². The summed E-state index contributed by atoms with van der Waals surface area (Å²) < 4.78 is 11.5. The minimum Gasteiger partial charge on any atom is -0.410 e. The summed E-state index contributed by atoms with van der Waals surface area (Å²) in [6.07, 6.45) is 5.86. The van der Waals surface area contributed by atoms with Gasteiger partial charge in [-0.15, -0.1) is 0 Å². The lowest BCUT2D eigenvalue weighted by Gasteiger charge is -2.34. The number of benzene rings is 1. The second-order valence-corrected chi connectivity index (χ2v) is 8.04. The minimum atomic E-state index is -0.333. The number of unbranched alkanes of at least 4 members (excludes halogenated alkanes) is 1. The number of halogens is 1. The van der Waals surface area contributed by atoms with Crippen LogP contribution in [0.1, 0.15) is 45.4 Å². The topological polar surface area (TPSA) is 62.2 Å². The molecule has 0 atom stereocenters. The van der Waals surface area contributed by atoms with Gasteiger partial charge in [-0.3, -0.25) is 0 Å². The first-order valence-corrected chi connectivity index (χ1v) is 11.1. The largest absolute Gasteiger partial charge is 0.415 e. The molecule has 1 aliphatic rings. The highest BCUT2D eigenvalue weighted by Crippen LogP contribution is 2.25. The van der Waals surface area contributed by atoms with E-state index in [0.29, 0.717) is 10.8 Å². The number of nitrogens with zero attached hydrogens (tertiary/aromatic N) is 2. The molecule has 2 rings (SSSR count). The third kappa shape index (κ3) is 8.51. The van der Waals surface area contributed by atoms with Crippen LogP contribution < -0.4 is 4.74 Å². The molecule has 0 bridgehead atoms. The van der Waals surface area contributed by atoms with Gasteiger partial charge in [-0.1, -0.05) is 18.5 Å². The van der Waals surface area contributed by atoms with Crippen LogP contribution in [0.25, 0.3) is 0 Å². The fourth-order valence-corrected chi connectivity index (χ4v) is 3.81. The molecule has 0 unspecified atom stereocenters. The molecule has 1 aliphatic carbocycles. The molecule has 0 radical (unpaired) electrons. The maximum Gasteiger partial charge on any atom is 0.415 e. The molecule has 1 aromatic rings. The van der Waals surface area contributed by atoms with E-state index in [0.717, 1.165) is 64.8 Å². The first kappa shape index (κ1) is 23.9. The molecule has 0 aromatic heterocycles. The van der Waals surface area contributed by atoms with E-state index in [9.17, 15) is 4.79 Å². The van der Waals surface area contributed by atoms with Crippen LogP contribution in [0.3, 0.4) is 0 Å². The molecule has 1 N–H and O–H groups in total. The van der Waals surface area contributed by atoms with E-state index in [2.05, 4.69) is 11.8 Å². The van der Waals surface area contributed by atoms with Gasteiger partial charge in [0.2, 0.25) is 0 Å². The SMILES string of the molecule is CCN(CCO)CCCCO[C@H]1CC[C@H](N(C)C(=O)Oc2ccc(Cl)cc2)CC1. The molecule has 164 valence electrons. The molecule has 0 aliphatic heterocycles. The number of carbonyl (C=O) groups is 1. The Hall–Kier alpha value is -1.34. The Morgan fingerprint density at radius 2 is 1.83 bits per heavy atom. The lowest BCUT2D eigenvalue weighted by molar-refractivity contribution is 0.00987. The van der Waals surface area contributed by atoms with Crippen LogP contribution >= 0.6 is 11.6 Å². The van der Waals surface area contributed by atoms with Gasteiger partial charge in [-0.25, -0.2) is 4.79 Å². The number of amides is 1. The van der Waals surface area contributed by atoms with Crippen molar-refractivity contribution < 1.29 is 19.4 Å². The maximum atomic E-state index is 12.4. The molecule has 1 saturated carbocycles. The van der Waals surface area contributed by atoms with Crippen LogP contribution in [0.5, 0.6) is 5.75 Å². The molecule has 6 nitrogen and oxygen atoms in total. The number of ether oxygens (including phenoxy) is 2. The zero-order valence-corrected chi connectivity index (χ0v) is 18.4. The summed E-state index contributed by atoms with van der Waals surface area (Å²) in [6, 6.07) is 6.99. The van der Waals surface area contributed by atoms with Gasteiger partial charge in [0.05, 0.1) is 12.7 Å². The third-order valence-corrected chi connectivity index (χ3v) is 5.84. The predicted molar refractivity (Wildman–Crippen MR) is 116 cm³/mol. The summed E-state index contributed by atoms with van der Waals surface area (Å²) in [6.45, 7) is 5.84. The van der Waals surface area contributed by atoms with Crippen molar-refractivity contribution in [2.24, 2.45) is 0 Å². The highest BCUT2D eigenvalue weighted by atomic mass is 35.5. The number of aliphatic hydroxyl groups is 1. The van der Waals surface area contributed by atoms with Gasteiger partial charge < -0.3 is 24.4 Å². The summed E-state index contributed by atoms with van der Waals surface area (Å²) in [5.74, 6) is 0.504. The number of hydrogen-bond acceptors (Lipinski definition) is 5. The van der Waals surface area contributed by atoms with Gasteiger partial charge in [0, 0.05) is 31.3 Å². The van der Waals surface area contributed by atoms with Crippen molar-refractivity contribution in [2.75, 3.05) is 39.9 Å². The maximum absolute atomic E-state index is 12.4. The Kier molecular flexibility index (Phi) is 10.8. The molecule has 0 heterocycles. The molecule has 0 saturated heterocycles. The fraction of sp³-hybridized carbons (Fsp3) is 0.682. The molecular formula is C22H35ClN2O4. The quantitative estimate of drug-likeness (QED) is 0.537. The van der Waals surface area contributed by atoms with Crippen LogP contribution in [0.4, 0.5) is 4.79 Å². The highest BCUT2D eigenvalue weighted by molar-refractivity contribution is 6.30. The number of hydrogen-bond donors (Lipinski definition) is 1. The standard InChI is InChI=1S/C22H35ClN2O4/c1-3-25(15-16-26)14-4-5-17-28-20-12-8-19(9-13-20)24(2)22(27)29-21-10-6-18(23)7-11-21/h6-7,10-11,19-20,26H,3-5,8-9,12-17H2,1-2H3/t19-,20-. The van der Waals surface area contributed by atoms with Crippen molar-refractivity contribution in [3.8, 4) is 5.75 Å². The third-order valence-electron chi connectivity index (χ3n) is 5.58. The van der Waals surface area contributed by atoms with Gasteiger partial charge in [0.25, 0.3) is 0 Å². The van der Waals surface area contributed by atoms with Gasteiger partial charge in [0.15, 0.2) is 0 Å². The summed E-state index contributed by atoms with van der Waals surface area (Å²) >= 11 is 5.86. The van der Waals surface area contributed by atoms with Crippen molar-refractivity contribution >= 4 is 17.7 Å². The van der Waals surface area contributed by atoms with Crippen molar-refractivity contribution in [1.82, 2.24) is 9.80 Å². The monoisotopic (exact) mass is 426 g/mol. The van der Waals surface area contributed by atoms with Gasteiger partial charge >= 0.3 is 6.09 Å². The van der Waals surface area contributed by atoms with Crippen LogP contribution in [0, 0.1) is 0 Å². The Morgan fingerprint density at radius 3 is 2.45 bits per heavy atom. The van der Waals surface area contributed by atoms with Gasteiger partial charge in [-0.05, 0) is 75.9 Å². The summed E-state index contributed by atoms with van der Waals surface area (Å²) in [5.41, 5.74) is 0. The van der Waals surface area contributed by atoms with Gasteiger partial charge in [-0.2, -0.15) is 0 Å². The van der Waals surface area contributed by atoms with E-state index < -0.39 is 0 Å². The molecule has 1 aromatic carbocycles. The normalized spacial score (nSPS) is 19.3. The van der Waals surface area contributed by atoms with Crippen molar-refractivity contribution in [3.63, 3.8) is 0 Å². The van der Waals surface area contributed by atoms with E-state index in [-0.39, 0.29) is 24.8 Å².